The van der Waals surface area contributed by atoms with Crippen LogP contribution < -0.4 is 14.4 Å². The molecule has 0 spiro atoms. The Labute approximate surface area is 252 Å². The standard InChI is InChI=1S/C30H35Cl2N3O5S/c1-6-40-28-10-8-7-9-27(28)35(41(38,39)24-14-11-21(4)12-15-24)19-29(36)34(22(5)30(37)33-20(2)3)18-23-13-16-25(31)26(32)17-23/h7-17,20,22H,6,18-19H2,1-5H3,(H,33,37)/t22-/m1/s1. The average molecular weight is 621 g/mol. The van der Waals surface area contributed by atoms with E-state index in [1.165, 1.54) is 17.0 Å². The Bertz CT molecular complexity index is 1480. The molecule has 0 fully saturated rings. The Hall–Kier alpha value is -3.27. The van der Waals surface area contributed by atoms with Crippen LogP contribution in [0.25, 0.3) is 0 Å². The molecule has 0 radical (unpaired) electrons. The maximum atomic E-state index is 14.1. The van der Waals surface area contributed by atoms with Crippen molar-refractivity contribution in [3.8, 4) is 5.75 Å². The van der Waals surface area contributed by atoms with Crippen LogP contribution in [0.3, 0.4) is 0 Å². The van der Waals surface area contributed by atoms with Crippen molar-refractivity contribution < 1.29 is 22.7 Å². The van der Waals surface area contributed by atoms with Crippen LogP contribution in [0, 0.1) is 6.92 Å². The highest BCUT2D eigenvalue weighted by Crippen LogP contribution is 2.33. The highest BCUT2D eigenvalue weighted by atomic mass is 35.5. The minimum atomic E-state index is -4.22. The number of halogens is 2. The Morgan fingerprint density at radius 3 is 2.22 bits per heavy atom. The number of ether oxygens (including phenoxy) is 1. The number of para-hydroxylation sites is 2. The smallest absolute Gasteiger partial charge is 0.264 e. The summed E-state index contributed by atoms with van der Waals surface area (Å²) >= 11 is 12.3. The number of anilines is 1. The van der Waals surface area contributed by atoms with E-state index in [2.05, 4.69) is 5.32 Å². The van der Waals surface area contributed by atoms with E-state index in [1.807, 2.05) is 20.8 Å². The third-order valence-corrected chi connectivity index (χ3v) is 8.77. The molecule has 3 rings (SSSR count). The summed E-state index contributed by atoms with van der Waals surface area (Å²) in [5.41, 5.74) is 1.72. The van der Waals surface area contributed by atoms with E-state index in [-0.39, 0.29) is 29.1 Å². The second-order valence-electron chi connectivity index (χ2n) is 9.83. The normalized spacial score (nSPS) is 12.1. The molecule has 41 heavy (non-hydrogen) atoms. The quantitative estimate of drug-likeness (QED) is 0.275. The molecule has 0 aliphatic carbocycles. The van der Waals surface area contributed by atoms with Gasteiger partial charge in [-0.15, -0.1) is 0 Å². The summed E-state index contributed by atoms with van der Waals surface area (Å²) in [6.07, 6.45) is 0. The lowest BCUT2D eigenvalue weighted by atomic mass is 10.1. The maximum absolute atomic E-state index is 14.1. The number of carbonyl (C=O) groups excluding carboxylic acids is 2. The molecule has 3 aromatic carbocycles. The molecule has 0 saturated heterocycles. The number of sulfonamides is 1. The van der Waals surface area contributed by atoms with E-state index in [9.17, 15) is 18.0 Å². The van der Waals surface area contributed by atoms with Gasteiger partial charge in [-0.05, 0) is 76.6 Å². The molecule has 11 heteroatoms. The summed E-state index contributed by atoms with van der Waals surface area (Å²) in [6, 6.07) is 16.8. The lowest BCUT2D eigenvalue weighted by molar-refractivity contribution is -0.139. The van der Waals surface area contributed by atoms with Crippen molar-refractivity contribution in [2.24, 2.45) is 0 Å². The van der Waals surface area contributed by atoms with Gasteiger partial charge in [0.05, 0.1) is 27.2 Å². The Morgan fingerprint density at radius 1 is 0.951 bits per heavy atom. The number of hydrogen-bond donors (Lipinski definition) is 1. The number of carbonyl (C=O) groups is 2. The summed E-state index contributed by atoms with van der Waals surface area (Å²) in [4.78, 5) is 28.5. The molecule has 3 aromatic rings. The minimum absolute atomic E-state index is 0.00602. The molecule has 1 N–H and O–H groups in total. The zero-order chi connectivity index (χ0) is 30.3. The van der Waals surface area contributed by atoms with Gasteiger partial charge in [-0.25, -0.2) is 8.42 Å². The first kappa shape index (κ1) is 32.2. The summed E-state index contributed by atoms with van der Waals surface area (Å²) < 4.78 is 34.8. The number of nitrogens with zero attached hydrogens (tertiary/aromatic N) is 2. The van der Waals surface area contributed by atoms with Gasteiger partial charge in [0, 0.05) is 12.6 Å². The first-order chi connectivity index (χ1) is 19.3. The lowest BCUT2D eigenvalue weighted by Crippen LogP contribution is -2.52. The fraction of sp³-hybridized carbons (Fsp3) is 0.333. The van der Waals surface area contributed by atoms with Gasteiger partial charge in [-0.2, -0.15) is 0 Å². The molecule has 0 aromatic heterocycles. The molecule has 0 unspecified atom stereocenters. The number of rotatable bonds is 12. The molecule has 0 aliphatic rings. The number of amides is 2. The van der Waals surface area contributed by atoms with Crippen molar-refractivity contribution in [1.82, 2.24) is 10.2 Å². The summed E-state index contributed by atoms with van der Waals surface area (Å²) in [6.45, 7) is 8.57. The predicted octanol–water partition coefficient (Wildman–Crippen LogP) is 5.84. The molecule has 0 aliphatic heterocycles. The minimum Gasteiger partial charge on any atom is -0.492 e. The van der Waals surface area contributed by atoms with Crippen molar-refractivity contribution in [3.05, 3.63) is 87.9 Å². The molecule has 0 saturated carbocycles. The summed E-state index contributed by atoms with van der Waals surface area (Å²) in [7, 11) is -4.22. The van der Waals surface area contributed by atoms with E-state index in [4.69, 9.17) is 27.9 Å². The zero-order valence-electron chi connectivity index (χ0n) is 23.7. The highest BCUT2D eigenvalue weighted by Gasteiger charge is 2.34. The van der Waals surface area contributed by atoms with Gasteiger partial charge in [-0.3, -0.25) is 13.9 Å². The van der Waals surface area contributed by atoms with Crippen molar-refractivity contribution in [2.75, 3.05) is 17.5 Å². The van der Waals surface area contributed by atoms with Crippen molar-refractivity contribution in [3.63, 3.8) is 0 Å². The predicted molar refractivity (Wildman–Crippen MR) is 163 cm³/mol. The molecule has 220 valence electrons. The molecule has 0 heterocycles. The van der Waals surface area contributed by atoms with E-state index >= 15 is 0 Å². The summed E-state index contributed by atoms with van der Waals surface area (Å²) in [5.74, 6) is -0.666. The van der Waals surface area contributed by atoms with Gasteiger partial charge in [-0.1, -0.05) is 59.1 Å². The Kier molecular flexibility index (Phi) is 11.1. The second-order valence-corrected chi connectivity index (χ2v) is 12.5. The van der Waals surface area contributed by atoms with Crippen LogP contribution in [0.2, 0.25) is 10.0 Å². The van der Waals surface area contributed by atoms with Crippen LogP contribution in [0.4, 0.5) is 5.69 Å². The van der Waals surface area contributed by atoms with Gasteiger partial charge in [0.25, 0.3) is 10.0 Å². The Morgan fingerprint density at radius 2 is 1.61 bits per heavy atom. The van der Waals surface area contributed by atoms with Crippen LogP contribution >= 0.6 is 23.2 Å². The van der Waals surface area contributed by atoms with E-state index in [0.29, 0.717) is 28.0 Å². The van der Waals surface area contributed by atoms with Crippen molar-refractivity contribution in [1.29, 1.82) is 0 Å². The first-order valence-corrected chi connectivity index (χ1v) is 15.4. The van der Waals surface area contributed by atoms with Crippen molar-refractivity contribution in [2.45, 2.75) is 58.1 Å². The maximum Gasteiger partial charge on any atom is 0.264 e. The number of aryl methyl sites for hydroxylation is 1. The molecule has 8 nitrogen and oxygen atoms in total. The van der Waals surface area contributed by atoms with Crippen LogP contribution in [0.1, 0.15) is 38.8 Å². The van der Waals surface area contributed by atoms with Gasteiger partial charge in [0.1, 0.15) is 18.3 Å². The SMILES string of the molecule is CCOc1ccccc1N(CC(=O)N(Cc1ccc(Cl)c(Cl)c1)[C@H](C)C(=O)NC(C)C)S(=O)(=O)c1ccc(C)cc1. The van der Waals surface area contributed by atoms with Crippen molar-refractivity contribution >= 4 is 50.7 Å². The van der Waals surface area contributed by atoms with Gasteiger partial charge >= 0.3 is 0 Å². The number of benzene rings is 3. The molecule has 0 bridgehead atoms. The third-order valence-electron chi connectivity index (χ3n) is 6.26. The second kappa shape index (κ2) is 14.1. The number of hydrogen-bond acceptors (Lipinski definition) is 5. The molecule has 2 amide bonds. The lowest BCUT2D eigenvalue weighted by Gasteiger charge is -2.32. The van der Waals surface area contributed by atoms with E-state index in [0.717, 1.165) is 9.87 Å². The largest absolute Gasteiger partial charge is 0.492 e. The molecular weight excluding hydrogens is 585 g/mol. The highest BCUT2D eigenvalue weighted by molar-refractivity contribution is 7.92. The van der Waals surface area contributed by atoms with Gasteiger partial charge in [0.15, 0.2) is 0 Å². The first-order valence-electron chi connectivity index (χ1n) is 13.2. The third kappa shape index (κ3) is 8.15. The zero-order valence-corrected chi connectivity index (χ0v) is 26.1. The van der Waals surface area contributed by atoms with Gasteiger partial charge < -0.3 is 15.0 Å². The molecular formula is C30H35Cl2N3O5S. The van der Waals surface area contributed by atoms with Crippen LogP contribution in [-0.4, -0.2) is 50.4 Å². The van der Waals surface area contributed by atoms with E-state index in [1.54, 1.807) is 68.4 Å². The van der Waals surface area contributed by atoms with Gasteiger partial charge in [0.2, 0.25) is 11.8 Å². The van der Waals surface area contributed by atoms with Crippen LogP contribution in [-0.2, 0) is 26.2 Å². The Balaban J connectivity index is 2.09. The summed E-state index contributed by atoms with van der Waals surface area (Å²) in [5, 5.41) is 3.47. The fourth-order valence-corrected chi connectivity index (χ4v) is 5.86. The topological polar surface area (TPSA) is 96.0 Å². The fourth-order valence-electron chi connectivity index (χ4n) is 4.11. The van der Waals surface area contributed by atoms with Crippen LogP contribution in [0.15, 0.2) is 71.6 Å². The molecule has 1 atom stereocenters. The van der Waals surface area contributed by atoms with Crippen LogP contribution in [0.5, 0.6) is 5.75 Å². The number of nitrogens with one attached hydrogen (secondary N) is 1. The van der Waals surface area contributed by atoms with E-state index < -0.39 is 28.5 Å². The monoisotopic (exact) mass is 619 g/mol. The average Bonchev–Trinajstić information content (AvgIpc) is 2.92.